The minimum absolute atomic E-state index is 0.754. The molecule has 11 heavy (non-hydrogen) atoms. The van der Waals surface area contributed by atoms with Gasteiger partial charge in [0.2, 0.25) is 0 Å². The van der Waals surface area contributed by atoms with Crippen LogP contribution >= 0.6 is 45.1 Å². The molecule has 1 aromatic heterocycles. The monoisotopic (exact) mass is 224 g/mol. The van der Waals surface area contributed by atoms with Crippen molar-refractivity contribution in [2.75, 3.05) is 5.75 Å². The molecule has 0 spiro atoms. The van der Waals surface area contributed by atoms with Crippen molar-refractivity contribution in [3.63, 3.8) is 0 Å². The Balaban J connectivity index is 2.33. The van der Waals surface area contributed by atoms with Crippen LogP contribution in [0.1, 0.15) is 13.3 Å². The zero-order valence-corrected chi connectivity index (χ0v) is 9.26. The highest BCUT2D eigenvalue weighted by Gasteiger charge is 1.97. The zero-order valence-electron chi connectivity index (χ0n) is 5.99. The van der Waals surface area contributed by atoms with Crippen LogP contribution < -0.4 is 0 Å². The number of rotatable bonds is 4. The number of hydrogen-bond donors (Lipinski definition) is 1. The summed E-state index contributed by atoms with van der Waals surface area (Å²) in [6.45, 7) is 2.17. The lowest BCUT2D eigenvalue weighted by atomic mass is 10.6. The van der Waals surface area contributed by atoms with E-state index in [4.69, 9.17) is 12.2 Å². The fraction of sp³-hybridized carbons (Fsp3) is 0.600. The zero-order chi connectivity index (χ0) is 8.10. The summed E-state index contributed by atoms with van der Waals surface area (Å²) in [6.07, 6.45) is 1.20. The van der Waals surface area contributed by atoms with Gasteiger partial charge < -0.3 is 0 Å². The number of nitrogens with one attached hydrogen (secondary N) is 1. The quantitative estimate of drug-likeness (QED) is 0.482. The average Bonchev–Trinajstić information content (AvgIpc) is 2.37. The number of nitrogens with zero attached hydrogens (tertiary/aromatic N) is 1. The number of H-pyrrole nitrogens is 1. The largest absolute Gasteiger partial charge is 0.257 e. The molecule has 0 bridgehead atoms. The van der Waals surface area contributed by atoms with Crippen molar-refractivity contribution in [2.45, 2.75) is 17.7 Å². The van der Waals surface area contributed by atoms with Gasteiger partial charge in [0.05, 0.1) is 0 Å². The van der Waals surface area contributed by atoms with Crippen molar-refractivity contribution >= 4 is 45.1 Å². The van der Waals surface area contributed by atoms with Crippen molar-refractivity contribution < 1.29 is 0 Å². The highest BCUT2D eigenvalue weighted by molar-refractivity contribution is 8.77. The first kappa shape index (κ1) is 9.57. The molecule has 6 heteroatoms. The summed E-state index contributed by atoms with van der Waals surface area (Å²) < 4.78 is 1.78. The molecule has 62 valence electrons. The second kappa shape index (κ2) is 5.18. The minimum Gasteiger partial charge on any atom is -0.257 e. The molecule has 0 atom stereocenters. The Bertz CT molecular complexity index is 253. The van der Waals surface area contributed by atoms with Crippen LogP contribution in [0.25, 0.3) is 0 Å². The maximum Gasteiger partial charge on any atom is 0.183 e. The van der Waals surface area contributed by atoms with E-state index in [1.807, 2.05) is 10.8 Å². The Morgan fingerprint density at radius 3 is 3.09 bits per heavy atom. The van der Waals surface area contributed by atoms with Gasteiger partial charge in [-0.25, -0.2) is 0 Å². The second-order valence-corrected chi connectivity index (χ2v) is 6.11. The molecule has 2 nitrogen and oxygen atoms in total. The molecule has 0 aliphatic heterocycles. The third-order valence-corrected chi connectivity index (χ3v) is 4.79. The number of aromatic amines is 1. The molecule has 0 aromatic carbocycles. The molecule has 0 unspecified atom stereocenters. The van der Waals surface area contributed by atoms with Crippen molar-refractivity contribution in [1.29, 1.82) is 0 Å². The second-order valence-electron chi connectivity index (χ2n) is 1.78. The van der Waals surface area contributed by atoms with Crippen LogP contribution in [0.2, 0.25) is 0 Å². The molecule has 0 aliphatic rings. The first-order chi connectivity index (χ1) is 5.33. The predicted molar refractivity (Wildman–Crippen MR) is 55.9 cm³/mol. The first-order valence-electron chi connectivity index (χ1n) is 3.18. The van der Waals surface area contributed by atoms with Crippen LogP contribution in [0.5, 0.6) is 0 Å². The first-order valence-corrected chi connectivity index (χ1v) is 6.72. The normalized spacial score (nSPS) is 10.3. The molecule has 0 saturated heterocycles. The van der Waals surface area contributed by atoms with Gasteiger partial charge in [-0.1, -0.05) is 29.1 Å². The molecule has 0 saturated carbocycles. The molecular weight excluding hydrogens is 216 g/mol. The lowest BCUT2D eigenvalue weighted by Crippen LogP contribution is -1.69. The average molecular weight is 224 g/mol. The van der Waals surface area contributed by atoms with Crippen molar-refractivity contribution in [2.24, 2.45) is 0 Å². The summed E-state index contributed by atoms with van der Waals surface area (Å²) in [6, 6.07) is 0. The Kier molecular flexibility index (Phi) is 4.51. The molecule has 1 heterocycles. The Hall–Kier alpha value is 0.480. The van der Waals surface area contributed by atoms with Crippen LogP contribution in [0.15, 0.2) is 4.34 Å². The predicted octanol–water partition coefficient (Wildman–Crippen LogP) is 3.35. The van der Waals surface area contributed by atoms with Crippen LogP contribution in [0.3, 0.4) is 0 Å². The van der Waals surface area contributed by atoms with E-state index in [0.717, 1.165) is 14.0 Å². The Labute approximate surface area is 82.6 Å². The fourth-order valence-electron chi connectivity index (χ4n) is 0.427. The molecular formula is C5H8N2S4. The summed E-state index contributed by atoms with van der Waals surface area (Å²) >= 11 is 6.42. The summed E-state index contributed by atoms with van der Waals surface area (Å²) in [5.41, 5.74) is 0. The molecule has 1 aromatic rings. The summed E-state index contributed by atoms with van der Waals surface area (Å²) in [7, 11) is 3.51. The van der Waals surface area contributed by atoms with E-state index in [0.29, 0.717) is 0 Å². The van der Waals surface area contributed by atoms with E-state index in [1.54, 1.807) is 10.8 Å². The molecule has 1 rings (SSSR count). The van der Waals surface area contributed by atoms with Crippen LogP contribution in [0.4, 0.5) is 0 Å². The maximum atomic E-state index is 4.89. The number of aromatic nitrogens is 2. The molecule has 0 fully saturated rings. The van der Waals surface area contributed by atoms with E-state index in [2.05, 4.69) is 17.1 Å². The molecule has 0 aliphatic carbocycles. The van der Waals surface area contributed by atoms with Gasteiger partial charge in [0.1, 0.15) is 0 Å². The van der Waals surface area contributed by atoms with Crippen molar-refractivity contribution in [1.82, 2.24) is 10.2 Å². The van der Waals surface area contributed by atoms with Crippen molar-refractivity contribution in [3.05, 3.63) is 3.95 Å². The summed E-state index contributed by atoms with van der Waals surface area (Å²) in [4.78, 5) is 0. The van der Waals surface area contributed by atoms with Gasteiger partial charge in [-0.15, -0.1) is 0 Å². The summed E-state index contributed by atoms with van der Waals surface area (Å²) in [5, 5.41) is 6.76. The van der Waals surface area contributed by atoms with Crippen LogP contribution in [0, 0.1) is 3.95 Å². The van der Waals surface area contributed by atoms with E-state index in [9.17, 15) is 0 Å². The van der Waals surface area contributed by atoms with E-state index in [1.165, 1.54) is 17.8 Å². The van der Waals surface area contributed by atoms with Gasteiger partial charge in [-0.3, -0.25) is 5.10 Å². The smallest absolute Gasteiger partial charge is 0.183 e. The summed E-state index contributed by atoms with van der Waals surface area (Å²) in [5.74, 6) is 1.16. The number of hydrogen-bond acceptors (Lipinski definition) is 5. The van der Waals surface area contributed by atoms with Gasteiger partial charge >= 0.3 is 0 Å². The topological polar surface area (TPSA) is 28.7 Å². The van der Waals surface area contributed by atoms with Crippen molar-refractivity contribution in [3.8, 4) is 0 Å². The van der Waals surface area contributed by atoms with Gasteiger partial charge in [-0.05, 0) is 29.4 Å². The maximum absolute atomic E-state index is 4.89. The Morgan fingerprint density at radius 2 is 2.55 bits per heavy atom. The van der Waals surface area contributed by atoms with Gasteiger partial charge in [0.25, 0.3) is 0 Å². The molecule has 0 amide bonds. The third-order valence-electron chi connectivity index (χ3n) is 0.836. The van der Waals surface area contributed by atoms with E-state index < -0.39 is 0 Å². The third kappa shape index (κ3) is 3.59. The van der Waals surface area contributed by atoms with Gasteiger partial charge in [0.15, 0.2) is 8.29 Å². The van der Waals surface area contributed by atoms with Gasteiger partial charge in [0, 0.05) is 5.75 Å². The van der Waals surface area contributed by atoms with Gasteiger partial charge in [-0.2, -0.15) is 5.10 Å². The fourth-order valence-corrected chi connectivity index (χ4v) is 3.93. The highest BCUT2D eigenvalue weighted by atomic mass is 33.1. The van der Waals surface area contributed by atoms with Crippen LogP contribution in [-0.4, -0.2) is 16.0 Å². The van der Waals surface area contributed by atoms with Crippen LogP contribution in [-0.2, 0) is 0 Å². The van der Waals surface area contributed by atoms with E-state index >= 15 is 0 Å². The lowest BCUT2D eigenvalue weighted by molar-refractivity contribution is 1.01. The molecule has 0 radical (unpaired) electrons. The van der Waals surface area contributed by atoms with E-state index in [-0.39, 0.29) is 0 Å². The highest BCUT2D eigenvalue weighted by Crippen LogP contribution is 2.32. The lowest BCUT2D eigenvalue weighted by Gasteiger charge is -1.90. The SMILES string of the molecule is CCCSSc1n[nH]c(=S)s1. The minimum atomic E-state index is 0.754. The standard InChI is InChI=1S/C5H8N2S4/c1-2-3-9-11-5-7-6-4(8)10-5/h2-3H2,1H3,(H,6,8). The Morgan fingerprint density at radius 1 is 1.73 bits per heavy atom. The molecule has 1 N–H and O–H groups in total.